The van der Waals surface area contributed by atoms with Gasteiger partial charge in [-0.05, 0) is 51.3 Å². The van der Waals surface area contributed by atoms with Crippen LogP contribution in [-0.4, -0.2) is 33.8 Å². The number of carbonyl (C=O) groups is 2. The van der Waals surface area contributed by atoms with Gasteiger partial charge in [-0.3, -0.25) is 4.98 Å². The molecule has 0 aromatic carbocycles. The van der Waals surface area contributed by atoms with Crippen LogP contribution in [0.1, 0.15) is 45.7 Å². The fourth-order valence-electron chi connectivity index (χ4n) is 2.58. The summed E-state index contributed by atoms with van der Waals surface area (Å²) in [6.07, 6.45) is 2.60. The number of aliphatic carboxylic acids is 1. The maximum atomic E-state index is 11.8. The number of hydrogen-bond donors (Lipinski definition) is 2. The second-order valence-electron chi connectivity index (χ2n) is 6.56. The molecule has 6 nitrogen and oxygen atoms in total. The molecule has 0 radical (unpaired) electrons. The molecule has 1 amide bonds. The molecule has 0 bridgehead atoms. The molecule has 0 spiro atoms. The van der Waals surface area contributed by atoms with Crippen LogP contribution in [0.2, 0.25) is 0 Å². The normalized spacial score (nSPS) is 18.5. The molecule has 6 heteroatoms. The van der Waals surface area contributed by atoms with Gasteiger partial charge in [-0.2, -0.15) is 0 Å². The molecule has 1 aliphatic rings. The van der Waals surface area contributed by atoms with Gasteiger partial charge in [0.1, 0.15) is 5.60 Å². The van der Waals surface area contributed by atoms with E-state index in [1.165, 1.54) is 0 Å². The Bertz CT molecular complexity index is 617. The number of hydrogen-bond acceptors (Lipinski definition) is 4. The number of nitrogens with one attached hydrogen (secondary N) is 1. The van der Waals surface area contributed by atoms with Crippen molar-refractivity contribution >= 4 is 17.6 Å². The highest BCUT2D eigenvalue weighted by atomic mass is 16.6. The lowest BCUT2D eigenvalue weighted by Gasteiger charge is -2.27. The van der Waals surface area contributed by atoms with Gasteiger partial charge in [-0.1, -0.05) is 6.07 Å². The summed E-state index contributed by atoms with van der Waals surface area (Å²) in [5.74, 6) is -0.971. The van der Waals surface area contributed by atoms with Crippen LogP contribution in [0.15, 0.2) is 30.0 Å². The smallest absolute Gasteiger partial charge is 0.407 e. The number of rotatable bonds is 3. The molecule has 0 saturated heterocycles. The molecule has 1 atom stereocenters. The van der Waals surface area contributed by atoms with Crippen molar-refractivity contribution < 1.29 is 19.4 Å². The molecule has 23 heavy (non-hydrogen) atoms. The fraction of sp³-hybridized carbons (Fsp3) is 0.471. The maximum absolute atomic E-state index is 11.8. The van der Waals surface area contributed by atoms with Gasteiger partial charge in [0.05, 0.1) is 5.69 Å². The highest BCUT2D eigenvalue weighted by Gasteiger charge is 2.28. The summed E-state index contributed by atoms with van der Waals surface area (Å²) in [6, 6.07) is 5.18. The summed E-state index contributed by atoms with van der Waals surface area (Å²) in [5, 5.41) is 12.2. The van der Waals surface area contributed by atoms with E-state index in [2.05, 4.69) is 10.3 Å². The molecule has 1 aliphatic carbocycles. The first-order valence-corrected chi connectivity index (χ1v) is 7.62. The molecule has 0 saturated carbocycles. The number of carboxylic acids is 1. The Hall–Kier alpha value is -2.37. The van der Waals surface area contributed by atoms with Crippen molar-refractivity contribution in [2.75, 3.05) is 0 Å². The number of nitrogens with zero attached hydrogens (tertiary/aromatic N) is 1. The van der Waals surface area contributed by atoms with Crippen molar-refractivity contribution in [1.82, 2.24) is 10.3 Å². The monoisotopic (exact) mass is 318 g/mol. The Morgan fingerprint density at radius 1 is 1.35 bits per heavy atom. The van der Waals surface area contributed by atoms with Crippen molar-refractivity contribution in [3.63, 3.8) is 0 Å². The van der Waals surface area contributed by atoms with E-state index in [0.717, 1.165) is 5.57 Å². The third kappa shape index (κ3) is 4.81. The summed E-state index contributed by atoms with van der Waals surface area (Å²) in [4.78, 5) is 27.7. The van der Waals surface area contributed by atoms with E-state index in [1.807, 2.05) is 6.07 Å². The zero-order valence-corrected chi connectivity index (χ0v) is 13.6. The first kappa shape index (κ1) is 17.0. The molecular weight excluding hydrogens is 296 g/mol. The molecule has 2 rings (SSSR count). The Morgan fingerprint density at radius 3 is 2.65 bits per heavy atom. The van der Waals surface area contributed by atoms with Gasteiger partial charge >= 0.3 is 12.1 Å². The van der Waals surface area contributed by atoms with E-state index in [1.54, 1.807) is 39.1 Å². The number of carboxylic acid groups (broad SMARTS) is 1. The predicted octanol–water partition coefficient (Wildman–Crippen LogP) is 3.00. The number of aromatic nitrogens is 1. The van der Waals surface area contributed by atoms with E-state index in [4.69, 9.17) is 4.74 Å². The lowest BCUT2D eigenvalue weighted by Crippen LogP contribution is -2.41. The average Bonchev–Trinajstić information content (AvgIpc) is 2.46. The molecule has 1 aromatic rings. The summed E-state index contributed by atoms with van der Waals surface area (Å²) in [5.41, 5.74) is 1.14. The van der Waals surface area contributed by atoms with Crippen LogP contribution in [0, 0.1) is 0 Å². The van der Waals surface area contributed by atoms with Gasteiger partial charge in [0.15, 0.2) is 0 Å². The second kappa shape index (κ2) is 6.81. The van der Waals surface area contributed by atoms with E-state index < -0.39 is 17.7 Å². The minimum Gasteiger partial charge on any atom is -0.478 e. The molecular formula is C17H22N2O4. The molecule has 0 fully saturated rings. The van der Waals surface area contributed by atoms with Crippen LogP contribution in [0.25, 0.3) is 5.57 Å². The van der Waals surface area contributed by atoms with Crippen LogP contribution in [0.4, 0.5) is 4.79 Å². The van der Waals surface area contributed by atoms with Crippen molar-refractivity contribution in [1.29, 1.82) is 0 Å². The van der Waals surface area contributed by atoms with Crippen molar-refractivity contribution in [2.24, 2.45) is 0 Å². The van der Waals surface area contributed by atoms with E-state index in [9.17, 15) is 14.7 Å². The topological polar surface area (TPSA) is 88.5 Å². The van der Waals surface area contributed by atoms with Gasteiger partial charge in [0.2, 0.25) is 0 Å². The SMILES string of the molecule is CC(C)(C)OC(=O)NC1CCC(c2ccccn2)=C(C(=O)O)C1. The largest absolute Gasteiger partial charge is 0.478 e. The molecule has 1 heterocycles. The Morgan fingerprint density at radius 2 is 2.09 bits per heavy atom. The van der Waals surface area contributed by atoms with Crippen molar-refractivity contribution in [2.45, 2.75) is 51.7 Å². The van der Waals surface area contributed by atoms with Crippen molar-refractivity contribution in [3.8, 4) is 0 Å². The minimum atomic E-state index is -0.971. The Kier molecular flexibility index (Phi) is 5.03. The third-order valence-corrected chi connectivity index (χ3v) is 3.51. The standard InChI is InChI=1S/C17H22N2O4/c1-17(2,3)23-16(22)19-11-7-8-12(13(10-11)15(20)21)14-6-4-5-9-18-14/h4-6,9,11H,7-8,10H2,1-3H3,(H,19,22)(H,20,21). The highest BCUT2D eigenvalue weighted by Crippen LogP contribution is 2.31. The molecule has 124 valence electrons. The van der Waals surface area contributed by atoms with E-state index >= 15 is 0 Å². The maximum Gasteiger partial charge on any atom is 0.407 e. The van der Waals surface area contributed by atoms with Gasteiger partial charge in [-0.15, -0.1) is 0 Å². The first-order chi connectivity index (χ1) is 10.8. The summed E-state index contributed by atoms with van der Waals surface area (Å²) in [6.45, 7) is 5.36. The number of pyridine rings is 1. The van der Waals surface area contributed by atoms with Crippen LogP contribution in [0.5, 0.6) is 0 Å². The van der Waals surface area contributed by atoms with Crippen LogP contribution >= 0.6 is 0 Å². The fourth-order valence-corrected chi connectivity index (χ4v) is 2.58. The number of ether oxygens (including phenoxy) is 1. The molecule has 1 aromatic heterocycles. The average molecular weight is 318 g/mol. The third-order valence-electron chi connectivity index (χ3n) is 3.51. The van der Waals surface area contributed by atoms with Gasteiger partial charge in [0.25, 0.3) is 0 Å². The minimum absolute atomic E-state index is 0.247. The number of alkyl carbamates (subject to hydrolysis) is 1. The molecule has 0 aliphatic heterocycles. The van der Waals surface area contributed by atoms with Crippen LogP contribution in [0.3, 0.4) is 0 Å². The lowest BCUT2D eigenvalue weighted by atomic mass is 9.86. The van der Waals surface area contributed by atoms with Crippen molar-refractivity contribution in [3.05, 3.63) is 35.7 Å². The summed E-state index contributed by atoms with van der Waals surface area (Å²) >= 11 is 0. The highest BCUT2D eigenvalue weighted by molar-refractivity contribution is 5.96. The zero-order chi connectivity index (χ0) is 17.0. The second-order valence-corrected chi connectivity index (χ2v) is 6.56. The van der Waals surface area contributed by atoms with E-state index in [-0.39, 0.29) is 12.5 Å². The van der Waals surface area contributed by atoms with Gasteiger partial charge in [-0.25, -0.2) is 9.59 Å². The number of carbonyl (C=O) groups excluding carboxylic acids is 1. The van der Waals surface area contributed by atoms with E-state index in [0.29, 0.717) is 24.1 Å². The van der Waals surface area contributed by atoms with Crippen LogP contribution in [-0.2, 0) is 9.53 Å². The number of allylic oxidation sites excluding steroid dienone is 1. The summed E-state index contributed by atoms with van der Waals surface area (Å²) in [7, 11) is 0. The molecule has 1 unspecified atom stereocenters. The zero-order valence-electron chi connectivity index (χ0n) is 13.6. The lowest BCUT2D eigenvalue weighted by molar-refractivity contribution is -0.132. The predicted molar refractivity (Wildman–Crippen MR) is 85.8 cm³/mol. The van der Waals surface area contributed by atoms with Gasteiger partial charge in [0, 0.05) is 24.2 Å². The number of amides is 1. The van der Waals surface area contributed by atoms with Gasteiger partial charge < -0.3 is 15.2 Å². The quantitative estimate of drug-likeness (QED) is 0.894. The first-order valence-electron chi connectivity index (χ1n) is 7.62. The Balaban J connectivity index is 2.12. The Labute approximate surface area is 135 Å². The molecule has 2 N–H and O–H groups in total. The van der Waals surface area contributed by atoms with Crippen LogP contribution < -0.4 is 5.32 Å². The summed E-state index contributed by atoms with van der Waals surface area (Å²) < 4.78 is 5.22.